The van der Waals surface area contributed by atoms with Gasteiger partial charge in [0.15, 0.2) is 0 Å². The molecule has 2 heterocycles. The molecule has 1 aliphatic heterocycles. The Bertz CT molecular complexity index is 635. The zero-order valence-corrected chi connectivity index (χ0v) is 14.2. The number of thiophene rings is 1. The number of nitrogens with zero attached hydrogens (tertiary/aromatic N) is 2. The molecule has 0 unspecified atom stereocenters. The van der Waals surface area contributed by atoms with Gasteiger partial charge in [-0.1, -0.05) is 0 Å². The Balaban J connectivity index is 1.62. The quantitative estimate of drug-likeness (QED) is 0.701. The molecule has 0 N–H and O–H groups in total. The molecule has 0 atom stereocenters. The SMILES string of the molecule is O=C(c1csc(I)c1)N1CCN(c2ccc(F)cc2)CC1. The molecule has 0 spiro atoms. The van der Waals surface area contributed by atoms with Crippen LogP contribution in [0.5, 0.6) is 0 Å². The van der Waals surface area contributed by atoms with Crippen molar-refractivity contribution < 1.29 is 9.18 Å². The molecular formula is C15H14FIN2OS. The van der Waals surface area contributed by atoms with E-state index in [4.69, 9.17) is 0 Å². The molecule has 3 rings (SSSR count). The van der Waals surface area contributed by atoms with Crippen LogP contribution in [0.3, 0.4) is 0 Å². The van der Waals surface area contributed by atoms with Gasteiger partial charge in [-0.25, -0.2) is 4.39 Å². The van der Waals surface area contributed by atoms with Crippen LogP contribution in [0.25, 0.3) is 0 Å². The lowest BCUT2D eigenvalue weighted by Crippen LogP contribution is -2.48. The highest BCUT2D eigenvalue weighted by Gasteiger charge is 2.22. The summed E-state index contributed by atoms with van der Waals surface area (Å²) in [5, 5.41) is 1.91. The average molecular weight is 416 g/mol. The number of halogens is 2. The van der Waals surface area contributed by atoms with Crippen LogP contribution in [0.2, 0.25) is 0 Å². The fourth-order valence-corrected chi connectivity index (χ4v) is 3.74. The lowest BCUT2D eigenvalue weighted by molar-refractivity contribution is 0.0747. The van der Waals surface area contributed by atoms with E-state index >= 15 is 0 Å². The van der Waals surface area contributed by atoms with Crippen molar-refractivity contribution in [1.82, 2.24) is 4.90 Å². The molecule has 1 aromatic carbocycles. The maximum atomic E-state index is 12.9. The van der Waals surface area contributed by atoms with Crippen LogP contribution in [-0.2, 0) is 0 Å². The van der Waals surface area contributed by atoms with Crippen molar-refractivity contribution in [1.29, 1.82) is 0 Å². The van der Waals surface area contributed by atoms with E-state index in [2.05, 4.69) is 27.5 Å². The van der Waals surface area contributed by atoms with Gasteiger partial charge in [-0.2, -0.15) is 0 Å². The summed E-state index contributed by atoms with van der Waals surface area (Å²) in [6.45, 7) is 2.95. The third-order valence-corrected chi connectivity index (χ3v) is 5.36. The first-order valence-electron chi connectivity index (χ1n) is 6.67. The zero-order chi connectivity index (χ0) is 14.8. The van der Waals surface area contributed by atoms with Crippen LogP contribution in [0.1, 0.15) is 10.4 Å². The van der Waals surface area contributed by atoms with Crippen LogP contribution >= 0.6 is 33.9 Å². The first kappa shape index (κ1) is 14.8. The summed E-state index contributed by atoms with van der Waals surface area (Å²) in [6, 6.07) is 8.45. The van der Waals surface area contributed by atoms with Crippen LogP contribution in [0, 0.1) is 8.70 Å². The van der Waals surface area contributed by atoms with Crippen molar-refractivity contribution in [3.63, 3.8) is 0 Å². The predicted molar refractivity (Wildman–Crippen MR) is 91.6 cm³/mol. The van der Waals surface area contributed by atoms with E-state index in [0.29, 0.717) is 13.1 Å². The Morgan fingerprint density at radius 3 is 2.38 bits per heavy atom. The van der Waals surface area contributed by atoms with E-state index in [9.17, 15) is 9.18 Å². The number of rotatable bonds is 2. The minimum atomic E-state index is -0.223. The number of anilines is 1. The molecule has 1 aliphatic rings. The average Bonchev–Trinajstić information content (AvgIpc) is 2.94. The summed E-state index contributed by atoms with van der Waals surface area (Å²) in [5.74, 6) is -0.118. The Hall–Kier alpha value is -1.15. The zero-order valence-electron chi connectivity index (χ0n) is 11.3. The van der Waals surface area contributed by atoms with E-state index in [1.165, 1.54) is 12.1 Å². The van der Waals surface area contributed by atoms with Gasteiger partial charge in [0.05, 0.1) is 8.45 Å². The molecule has 0 bridgehead atoms. The van der Waals surface area contributed by atoms with Gasteiger partial charge in [-0.05, 0) is 52.9 Å². The van der Waals surface area contributed by atoms with Crippen LogP contribution in [-0.4, -0.2) is 37.0 Å². The van der Waals surface area contributed by atoms with Gasteiger partial charge in [0.1, 0.15) is 5.82 Å². The minimum absolute atomic E-state index is 0.105. The molecule has 3 nitrogen and oxygen atoms in total. The number of carbonyl (C=O) groups is 1. The van der Waals surface area contributed by atoms with Crippen molar-refractivity contribution in [2.75, 3.05) is 31.1 Å². The monoisotopic (exact) mass is 416 g/mol. The maximum absolute atomic E-state index is 12.9. The highest BCUT2D eigenvalue weighted by molar-refractivity contribution is 14.1. The molecule has 110 valence electrons. The first-order chi connectivity index (χ1) is 10.1. The summed E-state index contributed by atoms with van der Waals surface area (Å²) in [4.78, 5) is 16.4. The second kappa shape index (κ2) is 6.31. The number of hydrogen-bond donors (Lipinski definition) is 0. The van der Waals surface area contributed by atoms with E-state index in [-0.39, 0.29) is 11.7 Å². The molecule has 1 saturated heterocycles. The Morgan fingerprint density at radius 1 is 1.14 bits per heavy atom. The Morgan fingerprint density at radius 2 is 1.81 bits per heavy atom. The van der Waals surface area contributed by atoms with Gasteiger partial charge in [0, 0.05) is 37.2 Å². The summed E-state index contributed by atoms with van der Waals surface area (Å²) in [7, 11) is 0. The molecule has 21 heavy (non-hydrogen) atoms. The van der Waals surface area contributed by atoms with Gasteiger partial charge in [0.2, 0.25) is 0 Å². The molecule has 0 aliphatic carbocycles. The number of benzene rings is 1. The third kappa shape index (κ3) is 3.37. The Kier molecular flexibility index (Phi) is 4.44. The first-order valence-corrected chi connectivity index (χ1v) is 8.63. The van der Waals surface area contributed by atoms with Crippen molar-refractivity contribution in [2.45, 2.75) is 0 Å². The van der Waals surface area contributed by atoms with Crippen molar-refractivity contribution in [2.24, 2.45) is 0 Å². The smallest absolute Gasteiger partial charge is 0.254 e. The van der Waals surface area contributed by atoms with Gasteiger partial charge < -0.3 is 9.80 Å². The predicted octanol–water partition coefficient (Wildman–Crippen LogP) is 3.45. The van der Waals surface area contributed by atoms with Gasteiger partial charge in [-0.15, -0.1) is 11.3 Å². The van der Waals surface area contributed by atoms with Crippen molar-refractivity contribution in [3.8, 4) is 0 Å². The highest BCUT2D eigenvalue weighted by Crippen LogP contribution is 2.20. The summed E-state index contributed by atoms with van der Waals surface area (Å²) < 4.78 is 14.1. The summed E-state index contributed by atoms with van der Waals surface area (Å²) >= 11 is 3.82. The maximum Gasteiger partial charge on any atom is 0.254 e. The second-order valence-corrected chi connectivity index (χ2v) is 7.70. The molecule has 1 amide bonds. The van der Waals surface area contributed by atoms with Gasteiger partial charge >= 0.3 is 0 Å². The van der Waals surface area contributed by atoms with E-state index in [1.54, 1.807) is 23.5 Å². The second-order valence-electron chi connectivity index (χ2n) is 4.90. The number of piperazine rings is 1. The van der Waals surface area contributed by atoms with Crippen LogP contribution < -0.4 is 4.90 Å². The third-order valence-electron chi connectivity index (χ3n) is 3.57. The Labute approximate surface area is 140 Å². The largest absolute Gasteiger partial charge is 0.368 e. The van der Waals surface area contributed by atoms with Crippen molar-refractivity contribution in [3.05, 3.63) is 50.0 Å². The van der Waals surface area contributed by atoms with E-state index in [1.807, 2.05) is 16.3 Å². The molecule has 0 saturated carbocycles. The summed E-state index contributed by atoms with van der Waals surface area (Å²) in [6.07, 6.45) is 0. The standard InChI is InChI=1S/C15H14FIN2OS/c16-12-1-3-13(4-2-12)18-5-7-19(8-6-18)15(20)11-9-14(17)21-10-11/h1-4,9-10H,5-8H2. The fourth-order valence-electron chi connectivity index (χ4n) is 2.42. The lowest BCUT2D eigenvalue weighted by Gasteiger charge is -2.36. The topological polar surface area (TPSA) is 23.6 Å². The highest BCUT2D eigenvalue weighted by atomic mass is 127. The number of carbonyl (C=O) groups excluding carboxylic acids is 1. The normalized spacial score (nSPS) is 15.3. The molecule has 2 aromatic rings. The molecule has 1 fully saturated rings. The van der Waals surface area contributed by atoms with Crippen LogP contribution in [0.4, 0.5) is 10.1 Å². The van der Waals surface area contributed by atoms with Crippen LogP contribution in [0.15, 0.2) is 35.7 Å². The molecular weight excluding hydrogens is 402 g/mol. The molecule has 0 radical (unpaired) electrons. The van der Waals surface area contributed by atoms with E-state index < -0.39 is 0 Å². The van der Waals surface area contributed by atoms with E-state index in [0.717, 1.165) is 27.2 Å². The molecule has 1 aromatic heterocycles. The minimum Gasteiger partial charge on any atom is -0.368 e. The van der Waals surface area contributed by atoms with Gasteiger partial charge in [-0.3, -0.25) is 4.79 Å². The summed E-state index contributed by atoms with van der Waals surface area (Å²) in [5.41, 5.74) is 1.79. The fraction of sp³-hybridized carbons (Fsp3) is 0.267. The van der Waals surface area contributed by atoms with Gasteiger partial charge in [0.25, 0.3) is 5.91 Å². The molecule has 6 heteroatoms. The number of amides is 1. The number of hydrogen-bond acceptors (Lipinski definition) is 3. The van der Waals surface area contributed by atoms with Crippen molar-refractivity contribution >= 4 is 45.5 Å². The lowest BCUT2D eigenvalue weighted by atomic mass is 10.2.